The minimum absolute atomic E-state index is 0.0839. The summed E-state index contributed by atoms with van der Waals surface area (Å²) in [7, 11) is 1.58. The lowest BCUT2D eigenvalue weighted by Crippen LogP contribution is -1.85. The van der Waals surface area contributed by atoms with Gasteiger partial charge >= 0.3 is 0 Å². The molecule has 0 saturated heterocycles. The molecule has 0 spiro atoms. The Hall–Kier alpha value is -2.80. The van der Waals surface area contributed by atoms with E-state index in [1.54, 1.807) is 37.5 Å². The summed E-state index contributed by atoms with van der Waals surface area (Å²) < 4.78 is 18.4. The van der Waals surface area contributed by atoms with Crippen molar-refractivity contribution in [3.63, 3.8) is 0 Å². The Bertz CT molecular complexity index is 685. The van der Waals surface area contributed by atoms with E-state index in [0.717, 1.165) is 17.4 Å². The number of benzene rings is 2. The van der Waals surface area contributed by atoms with Crippen molar-refractivity contribution in [1.82, 2.24) is 0 Å². The third-order valence-electron chi connectivity index (χ3n) is 2.80. The van der Waals surface area contributed by atoms with Gasteiger partial charge in [-0.05, 0) is 29.8 Å². The van der Waals surface area contributed by atoms with Crippen molar-refractivity contribution in [2.24, 2.45) is 0 Å². The number of rotatable bonds is 3. The number of halogens is 1. The first-order chi connectivity index (χ1) is 9.63. The molecule has 2 rings (SSSR count). The SMILES string of the molecule is COc1ccc(/C=C/c2cc(F)cc(C#N)c2O)cc1. The average Bonchev–Trinajstić information content (AvgIpc) is 2.48. The zero-order chi connectivity index (χ0) is 14.5. The normalized spacial score (nSPS) is 10.4. The molecule has 1 N–H and O–H groups in total. The van der Waals surface area contributed by atoms with E-state index < -0.39 is 5.82 Å². The van der Waals surface area contributed by atoms with Gasteiger partial charge in [-0.25, -0.2) is 4.39 Å². The van der Waals surface area contributed by atoms with E-state index in [1.807, 2.05) is 12.1 Å². The van der Waals surface area contributed by atoms with Crippen LogP contribution in [0.25, 0.3) is 12.2 Å². The van der Waals surface area contributed by atoms with Crippen molar-refractivity contribution >= 4 is 12.2 Å². The van der Waals surface area contributed by atoms with Gasteiger partial charge < -0.3 is 9.84 Å². The van der Waals surface area contributed by atoms with E-state index in [4.69, 9.17) is 10.00 Å². The Balaban J connectivity index is 2.31. The number of hydrogen-bond donors (Lipinski definition) is 1. The van der Waals surface area contributed by atoms with Crippen molar-refractivity contribution < 1.29 is 14.2 Å². The topological polar surface area (TPSA) is 53.2 Å². The lowest BCUT2D eigenvalue weighted by molar-refractivity contribution is 0.415. The van der Waals surface area contributed by atoms with Crippen LogP contribution in [0.1, 0.15) is 16.7 Å². The molecule has 0 radical (unpaired) electrons. The van der Waals surface area contributed by atoms with Gasteiger partial charge in [0, 0.05) is 5.56 Å². The molecule has 0 bridgehead atoms. The van der Waals surface area contributed by atoms with Gasteiger partial charge in [0.05, 0.1) is 12.7 Å². The van der Waals surface area contributed by atoms with E-state index in [0.29, 0.717) is 0 Å². The van der Waals surface area contributed by atoms with Crippen LogP contribution in [0.4, 0.5) is 4.39 Å². The van der Waals surface area contributed by atoms with Gasteiger partial charge in [0.1, 0.15) is 23.4 Å². The molecule has 0 unspecified atom stereocenters. The second-order valence-corrected chi connectivity index (χ2v) is 4.11. The lowest BCUT2D eigenvalue weighted by Gasteiger charge is -2.02. The molecule has 3 nitrogen and oxygen atoms in total. The molecule has 2 aromatic rings. The second kappa shape index (κ2) is 5.89. The molecule has 0 saturated carbocycles. The molecule has 0 aliphatic rings. The molecule has 0 aromatic heterocycles. The minimum atomic E-state index is -0.561. The quantitative estimate of drug-likeness (QED) is 0.866. The highest BCUT2D eigenvalue weighted by Crippen LogP contribution is 2.25. The summed E-state index contributed by atoms with van der Waals surface area (Å²) in [4.78, 5) is 0. The van der Waals surface area contributed by atoms with Crippen LogP contribution in [-0.2, 0) is 0 Å². The van der Waals surface area contributed by atoms with Crippen molar-refractivity contribution in [3.05, 3.63) is 58.9 Å². The van der Waals surface area contributed by atoms with Crippen LogP contribution in [0.5, 0.6) is 11.5 Å². The fourth-order valence-corrected chi connectivity index (χ4v) is 1.73. The third kappa shape index (κ3) is 2.96. The first-order valence-electron chi connectivity index (χ1n) is 5.89. The molecule has 0 aliphatic heterocycles. The molecule has 100 valence electrons. The van der Waals surface area contributed by atoms with E-state index in [-0.39, 0.29) is 16.9 Å². The highest BCUT2D eigenvalue weighted by molar-refractivity contribution is 5.74. The van der Waals surface area contributed by atoms with E-state index in [1.165, 1.54) is 6.07 Å². The first kappa shape index (κ1) is 13.6. The van der Waals surface area contributed by atoms with Crippen molar-refractivity contribution in [3.8, 4) is 17.6 Å². The summed E-state index contributed by atoms with van der Waals surface area (Å²) in [6.07, 6.45) is 3.27. The van der Waals surface area contributed by atoms with Crippen LogP contribution in [0.15, 0.2) is 36.4 Å². The van der Waals surface area contributed by atoms with Crippen LogP contribution in [0.3, 0.4) is 0 Å². The molecule has 0 aliphatic carbocycles. The Labute approximate surface area is 116 Å². The predicted octanol–water partition coefficient (Wildman–Crippen LogP) is 3.58. The number of phenolic OH excluding ortho intramolecular Hbond substituents is 1. The van der Waals surface area contributed by atoms with Gasteiger partial charge in [-0.1, -0.05) is 24.3 Å². The Kier molecular flexibility index (Phi) is 4.02. The second-order valence-electron chi connectivity index (χ2n) is 4.11. The number of ether oxygens (including phenoxy) is 1. The standard InChI is InChI=1S/C16H12FNO2/c1-20-15-6-3-11(4-7-15)2-5-12-8-14(17)9-13(10-18)16(12)19/h2-9,19H,1H3/b5-2+. The zero-order valence-corrected chi connectivity index (χ0v) is 10.8. The van der Waals surface area contributed by atoms with Crippen molar-refractivity contribution in [2.75, 3.05) is 7.11 Å². The molecular weight excluding hydrogens is 257 g/mol. The Morgan fingerprint density at radius 1 is 1.20 bits per heavy atom. The maximum absolute atomic E-state index is 13.3. The van der Waals surface area contributed by atoms with Crippen molar-refractivity contribution in [2.45, 2.75) is 0 Å². The number of aromatic hydroxyl groups is 1. The van der Waals surface area contributed by atoms with Gasteiger partial charge in [-0.3, -0.25) is 0 Å². The summed E-state index contributed by atoms with van der Waals surface area (Å²) >= 11 is 0. The van der Waals surface area contributed by atoms with Crippen LogP contribution in [-0.4, -0.2) is 12.2 Å². The molecule has 0 amide bonds. The minimum Gasteiger partial charge on any atom is -0.506 e. The first-order valence-corrected chi connectivity index (χ1v) is 5.89. The monoisotopic (exact) mass is 269 g/mol. The predicted molar refractivity (Wildman–Crippen MR) is 74.7 cm³/mol. The average molecular weight is 269 g/mol. The summed E-state index contributed by atoms with van der Waals surface area (Å²) in [5, 5.41) is 18.6. The van der Waals surface area contributed by atoms with Crippen LogP contribution in [0.2, 0.25) is 0 Å². The Morgan fingerprint density at radius 3 is 2.50 bits per heavy atom. The highest BCUT2D eigenvalue weighted by Gasteiger charge is 2.07. The van der Waals surface area contributed by atoms with Crippen LogP contribution < -0.4 is 4.74 Å². The van der Waals surface area contributed by atoms with Crippen LogP contribution in [0, 0.1) is 17.1 Å². The molecule has 0 heterocycles. The molecule has 0 atom stereocenters. The van der Waals surface area contributed by atoms with Crippen LogP contribution >= 0.6 is 0 Å². The highest BCUT2D eigenvalue weighted by atomic mass is 19.1. The molecule has 2 aromatic carbocycles. The van der Waals surface area contributed by atoms with E-state index in [9.17, 15) is 9.50 Å². The number of hydrogen-bond acceptors (Lipinski definition) is 3. The summed E-state index contributed by atoms with van der Waals surface area (Å²) in [6.45, 7) is 0. The summed E-state index contributed by atoms with van der Waals surface area (Å²) in [5.74, 6) is -0.0464. The van der Waals surface area contributed by atoms with Gasteiger partial charge in [0.15, 0.2) is 0 Å². The van der Waals surface area contributed by atoms with Gasteiger partial charge in [-0.2, -0.15) is 5.26 Å². The number of phenols is 1. The smallest absolute Gasteiger partial charge is 0.140 e. The maximum Gasteiger partial charge on any atom is 0.140 e. The summed E-state index contributed by atoms with van der Waals surface area (Å²) in [5.41, 5.74) is 1.05. The number of nitriles is 1. The fraction of sp³-hybridized carbons (Fsp3) is 0.0625. The lowest BCUT2D eigenvalue weighted by atomic mass is 10.1. The molecule has 20 heavy (non-hydrogen) atoms. The summed E-state index contributed by atoms with van der Waals surface area (Å²) in [6, 6.07) is 11.2. The molecular formula is C16H12FNO2. The van der Waals surface area contributed by atoms with E-state index >= 15 is 0 Å². The zero-order valence-electron chi connectivity index (χ0n) is 10.8. The fourth-order valence-electron chi connectivity index (χ4n) is 1.73. The molecule has 4 heteroatoms. The Morgan fingerprint density at radius 2 is 1.90 bits per heavy atom. The number of methoxy groups -OCH3 is 1. The number of nitrogens with zero attached hydrogens (tertiary/aromatic N) is 1. The van der Waals surface area contributed by atoms with Crippen molar-refractivity contribution in [1.29, 1.82) is 5.26 Å². The van der Waals surface area contributed by atoms with Gasteiger partial charge in [0.25, 0.3) is 0 Å². The van der Waals surface area contributed by atoms with Gasteiger partial charge in [-0.15, -0.1) is 0 Å². The maximum atomic E-state index is 13.3. The third-order valence-corrected chi connectivity index (χ3v) is 2.80. The molecule has 0 fully saturated rings. The van der Waals surface area contributed by atoms with Gasteiger partial charge in [0.2, 0.25) is 0 Å². The largest absolute Gasteiger partial charge is 0.506 e. The van der Waals surface area contributed by atoms with E-state index in [2.05, 4.69) is 0 Å².